The van der Waals surface area contributed by atoms with Gasteiger partial charge in [0.15, 0.2) is 5.65 Å². The van der Waals surface area contributed by atoms with Crippen molar-refractivity contribution < 1.29 is 4.39 Å². The van der Waals surface area contributed by atoms with E-state index in [4.69, 9.17) is 0 Å². The van der Waals surface area contributed by atoms with Crippen molar-refractivity contribution in [2.45, 2.75) is 0 Å². The number of pyridine rings is 2. The fourth-order valence-electron chi connectivity index (χ4n) is 1.56. The van der Waals surface area contributed by atoms with Crippen LogP contribution in [0.25, 0.3) is 22.3 Å². The molecule has 5 heteroatoms. The van der Waals surface area contributed by atoms with E-state index >= 15 is 0 Å². The van der Waals surface area contributed by atoms with Crippen LogP contribution >= 0.6 is 0 Å². The molecule has 0 atom stereocenters. The van der Waals surface area contributed by atoms with Gasteiger partial charge in [-0.05, 0) is 18.2 Å². The number of fused-ring (bicyclic) bond motifs is 1. The largest absolute Gasteiger partial charge is 0.261 e. The smallest absolute Gasteiger partial charge is 0.155 e. The average molecular weight is 214 g/mol. The number of nitrogens with zero attached hydrogens (tertiary/aromatic N) is 3. The van der Waals surface area contributed by atoms with E-state index in [0.29, 0.717) is 16.9 Å². The maximum absolute atomic E-state index is 13.5. The quantitative estimate of drug-likeness (QED) is 0.675. The molecule has 1 N–H and O–H groups in total. The maximum Gasteiger partial charge on any atom is 0.155 e. The highest BCUT2D eigenvalue weighted by Crippen LogP contribution is 2.21. The summed E-state index contributed by atoms with van der Waals surface area (Å²) in [4.78, 5) is 8.13. The van der Waals surface area contributed by atoms with Crippen molar-refractivity contribution >= 4 is 11.0 Å². The van der Waals surface area contributed by atoms with Crippen molar-refractivity contribution in [2.24, 2.45) is 0 Å². The molecular formula is C11H7FN4. The summed E-state index contributed by atoms with van der Waals surface area (Å²) in [5.41, 5.74) is 1.63. The van der Waals surface area contributed by atoms with Gasteiger partial charge in [-0.2, -0.15) is 5.10 Å². The van der Waals surface area contributed by atoms with Crippen LogP contribution in [0.2, 0.25) is 0 Å². The van der Waals surface area contributed by atoms with E-state index in [2.05, 4.69) is 20.2 Å². The minimum absolute atomic E-state index is 0.304. The first-order chi connectivity index (χ1) is 7.84. The lowest BCUT2D eigenvalue weighted by Crippen LogP contribution is -1.89. The molecule has 0 saturated heterocycles. The Kier molecular flexibility index (Phi) is 1.89. The first-order valence-corrected chi connectivity index (χ1v) is 4.74. The first-order valence-electron chi connectivity index (χ1n) is 4.74. The van der Waals surface area contributed by atoms with Crippen LogP contribution < -0.4 is 0 Å². The molecule has 0 bridgehead atoms. The Morgan fingerprint density at radius 1 is 1.19 bits per heavy atom. The van der Waals surface area contributed by atoms with E-state index in [1.54, 1.807) is 30.7 Å². The molecule has 0 fully saturated rings. The fourth-order valence-corrected chi connectivity index (χ4v) is 1.56. The van der Waals surface area contributed by atoms with E-state index in [1.807, 2.05) is 0 Å². The predicted molar refractivity (Wildman–Crippen MR) is 57.1 cm³/mol. The summed E-state index contributed by atoms with van der Waals surface area (Å²) in [5, 5.41) is 7.43. The average Bonchev–Trinajstić information content (AvgIpc) is 2.76. The van der Waals surface area contributed by atoms with E-state index in [9.17, 15) is 4.39 Å². The van der Waals surface area contributed by atoms with Crippen molar-refractivity contribution in [3.05, 3.63) is 42.6 Å². The summed E-state index contributed by atoms with van der Waals surface area (Å²) in [5.74, 6) is -0.354. The highest BCUT2D eigenvalue weighted by molar-refractivity contribution is 5.79. The third-order valence-corrected chi connectivity index (χ3v) is 2.32. The van der Waals surface area contributed by atoms with Gasteiger partial charge in [0.25, 0.3) is 0 Å². The molecule has 3 aromatic heterocycles. The molecule has 3 heterocycles. The van der Waals surface area contributed by atoms with E-state index in [0.717, 1.165) is 5.39 Å². The Labute approximate surface area is 90.2 Å². The monoisotopic (exact) mass is 214 g/mol. The van der Waals surface area contributed by atoms with E-state index in [-0.39, 0.29) is 5.82 Å². The Morgan fingerprint density at radius 3 is 3.00 bits per heavy atom. The normalized spacial score (nSPS) is 10.8. The summed E-state index contributed by atoms with van der Waals surface area (Å²) in [7, 11) is 0. The van der Waals surface area contributed by atoms with Gasteiger partial charge in [-0.3, -0.25) is 10.1 Å². The number of rotatable bonds is 1. The third kappa shape index (κ3) is 1.33. The van der Waals surface area contributed by atoms with Crippen molar-refractivity contribution in [1.82, 2.24) is 20.2 Å². The summed E-state index contributed by atoms with van der Waals surface area (Å²) in [6, 6.07) is 4.74. The van der Waals surface area contributed by atoms with Crippen molar-refractivity contribution in [3.63, 3.8) is 0 Å². The molecule has 0 saturated carbocycles. The lowest BCUT2D eigenvalue weighted by molar-refractivity contribution is 0.625. The SMILES string of the molecule is Fc1cccnc1-c1cnc2[nH]ncc2c1. The maximum atomic E-state index is 13.5. The van der Waals surface area contributed by atoms with Crippen molar-refractivity contribution in [1.29, 1.82) is 0 Å². The van der Waals surface area contributed by atoms with Gasteiger partial charge in [0.1, 0.15) is 11.5 Å². The molecule has 4 nitrogen and oxygen atoms in total. The number of hydrogen-bond donors (Lipinski definition) is 1. The highest BCUT2D eigenvalue weighted by Gasteiger charge is 2.07. The van der Waals surface area contributed by atoms with Crippen molar-refractivity contribution in [3.8, 4) is 11.3 Å². The van der Waals surface area contributed by atoms with Crippen LogP contribution in [0.5, 0.6) is 0 Å². The number of halogens is 1. The minimum atomic E-state index is -0.354. The van der Waals surface area contributed by atoms with Gasteiger partial charge in [0.2, 0.25) is 0 Å². The molecule has 3 aromatic rings. The van der Waals surface area contributed by atoms with Gasteiger partial charge in [-0.1, -0.05) is 0 Å². The molecule has 0 aliphatic heterocycles. The zero-order valence-electron chi connectivity index (χ0n) is 8.18. The molecule has 0 radical (unpaired) electrons. The first kappa shape index (κ1) is 8.96. The highest BCUT2D eigenvalue weighted by atomic mass is 19.1. The van der Waals surface area contributed by atoms with Gasteiger partial charge in [-0.15, -0.1) is 0 Å². The molecule has 16 heavy (non-hydrogen) atoms. The second kappa shape index (κ2) is 3.37. The van der Waals surface area contributed by atoms with Gasteiger partial charge in [0, 0.05) is 23.3 Å². The van der Waals surface area contributed by atoms with Crippen LogP contribution in [0.1, 0.15) is 0 Å². The number of hydrogen-bond acceptors (Lipinski definition) is 3. The predicted octanol–water partition coefficient (Wildman–Crippen LogP) is 2.16. The zero-order chi connectivity index (χ0) is 11.0. The summed E-state index contributed by atoms with van der Waals surface area (Å²) in [6.07, 6.45) is 4.77. The zero-order valence-corrected chi connectivity index (χ0v) is 8.18. The van der Waals surface area contributed by atoms with Crippen LogP contribution in [-0.2, 0) is 0 Å². The standard InChI is InChI=1S/C11H7FN4/c12-9-2-1-3-13-10(9)7-4-8-6-15-16-11(8)14-5-7/h1-6H,(H,14,15,16). The molecule has 0 unspecified atom stereocenters. The third-order valence-electron chi connectivity index (χ3n) is 2.32. The van der Waals surface area contributed by atoms with Gasteiger partial charge < -0.3 is 0 Å². The number of nitrogens with one attached hydrogen (secondary N) is 1. The Balaban J connectivity index is 2.22. The Morgan fingerprint density at radius 2 is 2.12 bits per heavy atom. The number of aromatic amines is 1. The van der Waals surface area contributed by atoms with Gasteiger partial charge in [0.05, 0.1) is 6.20 Å². The lowest BCUT2D eigenvalue weighted by Gasteiger charge is -2.00. The molecule has 0 aliphatic carbocycles. The van der Waals surface area contributed by atoms with E-state index in [1.165, 1.54) is 6.07 Å². The molecule has 0 aliphatic rings. The number of H-pyrrole nitrogens is 1. The lowest BCUT2D eigenvalue weighted by atomic mass is 10.1. The molecule has 0 aromatic carbocycles. The fraction of sp³-hybridized carbons (Fsp3) is 0. The summed E-state index contributed by atoms with van der Waals surface area (Å²) < 4.78 is 13.5. The topological polar surface area (TPSA) is 54.5 Å². The molecule has 0 spiro atoms. The second-order valence-electron chi connectivity index (χ2n) is 3.37. The van der Waals surface area contributed by atoms with Crippen LogP contribution in [0.3, 0.4) is 0 Å². The van der Waals surface area contributed by atoms with Gasteiger partial charge >= 0.3 is 0 Å². The van der Waals surface area contributed by atoms with Crippen LogP contribution in [0.4, 0.5) is 4.39 Å². The Hall–Kier alpha value is -2.30. The van der Waals surface area contributed by atoms with Crippen LogP contribution in [0.15, 0.2) is 36.8 Å². The minimum Gasteiger partial charge on any atom is -0.261 e. The van der Waals surface area contributed by atoms with Crippen molar-refractivity contribution in [2.75, 3.05) is 0 Å². The number of aromatic nitrogens is 4. The summed E-state index contributed by atoms with van der Waals surface area (Å²) >= 11 is 0. The van der Waals surface area contributed by atoms with E-state index < -0.39 is 0 Å². The molecule has 78 valence electrons. The molecule has 3 rings (SSSR count). The second-order valence-corrected chi connectivity index (χ2v) is 3.37. The molecular weight excluding hydrogens is 207 g/mol. The van der Waals surface area contributed by atoms with Crippen LogP contribution in [-0.4, -0.2) is 20.2 Å². The summed E-state index contributed by atoms with van der Waals surface area (Å²) in [6.45, 7) is 0. The Bertz CT molecular complexity index is 647. The van der Waals surface area contributed by atoms with Crippen LogP contribution in [0, 0.1) is 5.82 Å². The van der Waals surface area contributed by atoms with Gasteiger partial charge in [-0.25, -0.2) is 9.37 Å². The molecule has 0 amide bonds.